The molecule has 3 aliphatic heterocycles. The Balaban J connectivity index is 0.00000225. The van der Waals surface area contributed by atoms with E-state index in [9.17, 15) is 0 Å². The van der Waals surface area contributed by atoms with Crippen LogP contribution < -0.4 is 5.32 Å². The number of aliphatic imine (C=N–C) groups is 1. The fourth-order valence-corrected chi connectivity index (χ4v) is 4.58. The first-order valence-corrected chi connectivity index (χ1v) is 10.0. The van der Waals surface area contributed by atoms with E-state index in [0.29, 0.717) is 11.5 Å². The smallest absolute Gasteiger partial charge is 0.193 e. The molecule has 146 valence electrons. The van der Waals surface area contributed by atoms with Crippen LogP contribution in [0.5, 0.6) is 0 Å². The molecule has 5 nitrogen and oxygen atoms in total. The van der Waals surface area contributed by atoms with Crippen LogP contribution >= 0.6 is 24.0 Å². The largest absolute Gasteiger partial charge is 0.381 e. The summed E-state index contributed by atoms with van der Waals surface area (Å²) in [5.41, 5.74) is 0.398. The first kappa shape index (κ1) is 21.2. The number of ether oxygens (including phenoxy) is 1. The van der Waals surface area contributed by atoms with Crippen LogP contribution in [0.4, 0.5) is 0 Å². The molecule has 2 atom stereocenters. The molecule has 2 unspecified atom stereocenters. The summed E-state index contributed by atoms with van der Waals surface area (Å²) in [6.07, 6.45) is 9.14. The third kappa shape index (κ3) is 5.45. The molecule has 3 heterocycles. The molecule has 3 saturated heterocycles. The number of piperidine rings is 1. The van der Waals surface area contributed by atoms with Gasteiger partial charge in [-0.2, -0.15) is 0 Å². The first-order chi connectivity index (χ1) is 11.8. The van der Waals surface area contributed by atoms with Crippen LogP contribution in [0.3, 0.4) is 0 Å². The third-order valence-corrected chi connectivity index (χ3v) is 6.18. The summed E-state index contributed by atoms with van der Waals surface area (Å²) in [7, 11) is 1.92. The van der Waals surface area contributed by atoms with E-state index in [-0.39, 0.29) is 24.0 Å². The number of unbranched alkanes of at least 4 members (excludes halogenated alkanes) is 1. The lowest BCUT2D eigenvalue weighted by Gasteiger charge is -2.36. The molecule has 25 heavy (non-hydrogen) atoms. The molecule has 0 amide bonds. The molecule has 3 aliphatic rings. The minimum absolute atomic E-state index is 0. The molecule has 0 saturated carbocycles. The van der Waals surface area contributed by atoms with Gasteiger partial charge >= 0.3 is 0 Å². The topological polar surface area (TPSA) is 40.1 Å². The van der Waals surface area contributed by atoms with Crippen LogP contribution in [0.25, 0.3) is 0 Å². The molecule has 0 aromatic carbocycles. The van der Waals surface area contributed by atoms with Gasteiger partial charge in [0.2, 0.25) is 0 Å². The zero-order valence-electron chi connectivity index (χ0n) is 16.1. The summed E-state index contributed by atoms with van der Waals surface area (Å²) in [6.45, 7) is 9.96. The number of nitrogens with one attached hydrogen (secondary N) is 1. The normalized spacial score (nSPS) is 30.7. The van der Waals surface area contributed by atoms with Crippen LogP contribution in [0, 0.1) is 5.41 Å². The highest BCUT2D eigenvalue weighted by Gasteiger charge is 2.42. The zero-order valence-corrected chi connectivity index (χ0v) is 18.5. The Morgan fingerprint density at radius 3 is 2.88 bits per heavy atom. The highest BCUT2D eigenvalue weighted by Crippen LogP contribution is 2.38. The van der Waals surface area contributed by atoms with Crippen LogP contribution in [-0.4, -0.2) is 74.8 Å². The van der Waals surface area contributed by atoms with E-state index in [0.717, 1.165) is 38.8 Å². The number of guanidine groups is 1. The average Bonchev–Trinajstić information content (AvgIpc) is 3.25. The molecular weight excluding hydrogens is 427 g/mol. The van der Waals surface area contributed by atoms with E-state index in [1.807, 2.05) is 7.05 Å². The quantitative estimate of drug-likeness (QED) is 0.386. The Kier molecular flexibility index (Phi) is 8.75. The van der Waals surface area contributed by atoms with Gasteiger partial charge < -0.3 is 15.0 Å². The molecule has 0 aromatic rings. The Hall–Kier alpha value is -0.0800. The highest BCUT2D eigenvalue weighted by molar-refractivity contribution is 14.0. The molecule has 3 rings (SSSR count). The predicted molar refractivity (Wildman–Crippen MR) is 115 cm³/mol. The Morgan fingerprint density at radius 1 is 1.28 bits per heavy atom. The molecule has 1 N–H and O–H groups in total. The number of nitrogens with zero attached hydrogens (tertiary/aromatic N) is 3. The van der Waals surface area contributed by atoms with Crippen molar-refractivity contribution in [2.75, 3.05) is 53.0 Å². The van der Waals surface area contributed by atoms with E-state index in [1.165, 1.54) is 58.0 Å². The van der Waals surface area contributed by atoms with Gasteiger partial charge in [0.25, 0.3) is 0 Å². The average molecular weight is 464 g/mol. The lowest BCUT2D eigenvalue weighted by molar-refractivity contribution is 0.146. The molecule has 0 aromatic heterocycles. The maximum absolute atomic E-state index is 5.66. The molecule has 0 radical (unpaired) electrons. The van der Waals surface area contributed by atoms with E-state index in [1.54, 1.807) is 0 Å². The van der Waals surface area contributed by atoms with Crippen molar-refractivity contribution < 1.29 is 4.74 Å². The van der Waals surface area contributed by atoms with Gasteiger partial charge in [0.1, 0.15) is 0 Å². The third-order valence-electron chi connectivity index (χ3n) is 6.18. The zero-order chi connectivity index (χ0) is 16.8. The van der Waals surface area contributed by atoms with Crippen LogP contribution in [0.15, 0.2) is 4.99 Å². The maximum atomic E-state index is 5.66. The fourth-order valence-electron chi connectivity index (χ4n) is 4.58. The van der Waals surface area contributed by atoms with Gasteiger partial charge in [-0.3, -0.25) is 9.89 Å². The van der Waals surface area contributed by atoms with Gasteiger partial charge in [-0.15, -0.1) is 24.0 Å². The molecule has 3 fully saturated rings. The molecule has 6 heteroatoms. The van der Waals surface area contributed by atoms with Crippen molar-refractivity contribution in [1.82, 2.24) is 15.1 Å². The van der Waals surface area contributed by atoms with Crippen LogP contribution in [-0.2, 0) is 4.74 Å². The van der Waals surface area contributed by atoms with Crippen molar-refractivity contribution in [1.29, 1.82) is 0 Å². The van der Waals surface area contributed by atoms with E-state index in [4.69, 9.17) is 4.74 Å². The summed E-state index contributed by atoms with van der Waals surface area (Å²) in [4.78, 5) is 9.72. The molecule has 0 aliphatic carbocycles. The van der Waals surface area contributed by atoms with Gasteiger partial charge in [0.05, 0.1) is 6.61 Å². The predicted octanol–water partition coefficient (Wildman–Crippen LogP) is 2.95. The Labute approximate surface area is 171 Å². The second-order valence-corrected chi connectivity index (χ2v) is 7.94. The Bertz CT molecular complexity index is 426. The summed E-state index contributed by atoms with van der Waals surface area (Å²) >= 11 is 0. The van der Waals surface area contributed by atoms with Crippen molar-refractivity contribution in [2.45, 2.75) is 57.9 Å². The number of halogens is 1. The number of hydrogen-bond donors (Lipinski definition) is 1. The highest BCUT2D eigenvalue weighted by atomic mass is 127. The minimum atomic E-state index is 0. The van der Waals surface area contributed by atoms with Crippen LogP contribution in [0.1, 0.15) is 51.9 Å². The van der Waals surface area contributed by atoms with Gasteiger partial charge in [0.15, 0.2) is 5.96 Å². The summed E-state index contributed by atoms with van der Waals surface area (Å²) in [5.74, 6) is 1.10. The first-order valence-electron chi connectivity index (χ1n) is 10.0. The van der Waals surface area contributed by atoms with E-state index in [2.05, 4.69) is 27.0 Å². The lowest BCUT2D eigenvalue weighted by atomic mass is 9.87. The SMILES string of the molecule is CCCCN1CCCCC1CNC(=NC)N1CCC2(CCOC2)C1.I. The standard InChI is InChI=1S/C19H36N4O.HI/c1-3-4-10-22-11-6-5-7-17(22)14-21-18(20-2)23-12-8-19(15-23)9-13-24-16-19;/h17H,3-16H2,1-2H3,(H,20,21);1H. The summed E-state index contributed by atoms with van der Waals surface area (Å²) in [5, 5.41) is 3.69. The van der Waals surface area contributed by atoms with Gasteiger partial charge in [-0.05, 0) is 45.2 Å². The van der Waals surface area contributed by atoms with Crippen molar-refractivity contribution in [3.05, 3.63) is 0 Å². The number of rotatable bonds is 5. The van der Waals surface area contributed by atoms with Gasteiger partial charge in [-0.25, -0.2) is 0 Å². The fraction of sp³-hybridized carbons (Fsp3) is 0.947. The van der Waals surface area contributed by atoms with Gasteiger partial charge in [0, 0.05) is 44.7 Å². The number of hydrogen-bond acceptors (Lipinski definition) is 3. The molecule has 1 spiro atoms. The minimum Gasteiger partial charge on any atom is -0.381 e. The maximum Gasteiger partial charge on any atom is 0.193 e. The molecular formula is C19H37IN4O. The number of likely N-dealkylation sites (tertiary alicyclic amines) is 2. The van der Waals surface area contributed by atoms with Crippen molar-refractivity contribution >= 4 is 29.9 Å². The summed E-state index contributed by atoms with van der Waals surface area (Å²) < 4.78 is 5.66. The second kappa shape index (κ2) is 10.3. The van der Waals surface area contributed by atoms with E-state index >= 15 is 0 Å². The van der Waals surface area contributed by atoms with Crippen molar-refractivity contribution in [3.8, 4) is 0 Å². The molecule has 0 bridgehead atoms. The second-order valence-electron chi connectivity index (χ2n) is 7.94. The van der Waals surface area contributed by atoms with Crippen molar-refractivity contribution in [3.63, 3.8) is 0 Å². The lowest BCUT2D eigenvalue weighted by Crippen LogP contribution is -2.50. The van der Waals surface area contributed by atoms with E-state index < -0.39 is 0 Å². The van der Waals surface area contributed by atoms with Crippen LogP contribution in [0.2, 0.25) is 0 Å². The monoisotopic (exact) mass is 464 g/mol. The van der Waals surface area contributed by atoms with Crippen molar-refractivity contribution in [2.24, 2.45) is 10.4 Å². The Morgan fingerprint density at radius 2 is 2.16 bits per heavy atom. The summed E-state index contributed by atoms with van der Waals surface area (Å²) in [6, 6.07) is 0.674. The van der Waals surface area contributed by atoms with Gasteiger partial charge in [-0.1, -0.05) is 19.8 Å².